The van der Waals surface area contributed by atoms with Crippen LogP contribution in [0.2, 0.25) is 0 Å². The summed E-state index contributed by atoms with van der Waals surface area (Å²) in [4.78, 5) is 32.7. The number of carbonyl (C=O) groups excluding carboxylic acids is 2. The number of aromatic carboxylic acids is 1. The molecule has 1 aromatic carbocycles. The molecule has 0 aliphatic rings. The average Bonchev–Trinajstić information content (AvgIpc) is 2.27. The van der Waals surface area contributed by atoms with Crippen LogP contribution in [0.5, 0.6) is 0 Å². The second-order valence-electron chi connectivity index (χ2n) is 3.38. The maximum atomic E-state index is 11.4. The van der Waals surface area contributed by atoms with Crippen LogP contribution in [0.15, 0.2) is 24.3 Å². The molecule has 0 saturated heterocycles. The van der Waals surface area contributed by atoms with Gasteiger partial charge in [0, 0.05) is 0 Å². The van der Waals surface area contributed by atoms with Crippen LogP contribution in [0.4, 0.5) is 0 Å². The van der Waals surface area contributed by atoms with Gasteiger partial charge in [0.05, 0.1) is 18.5 Å². The average molecular weight is 236 g/mol. The first kappa shape index (κ1) is 12.7. The van der Waals surface area contributed by atoms with Gasteiger partial charge in [-0.15, -0.1) is 0 Å². The van der Waals surface area contributed by atoms with Gasteiger partial charge in [-0.1, -0.05) is 18.2 Å². The molecule has 0 heterocycles. The Balaban J connectivity index is 2.71. The van der Waals surface area contributed by atoms with E-state index in [1.807, 2.05) is 0 Å². The number of amides is 2. The third-order valence-corrected chi connectivity index (χ3v) is 2.06. The second-order valence-corrected chi connectivity index (χ2v) is 3.38. The third-order valence-electron chi connectivity index (χ3n) is 2.06. The van der Waals surface area contributed by atoms with E-state index < -0.39 is 17.8 Å². The predicted octanol–water partition coefficient (Wildman–Crippen LogP) is -0.471. The smallest absolute Gasteiger partial charge is 0.335 e. The number of carboxylic acid groups (broad SMARTS) is 1. The van der Waals surface area contributed by atoms with E-state index in [0.717, 1.165) is 0 Å². The summed E-state index contributed by atoms with van der Waals surface area (Å²) in [6.07, 6.45) is -0.101. The molecule has 0 spiro atoms. The molecule has 2 amide bonds. The number of rotatable bonds is 5. The van der Waals surface area contributed by atoms with Crippen molar-refractivity contribution in [1.82, 2.24) is 5.32 Å². The Kier molecular flexibility index (Phi) is 4.21. The molecule has 6 nitrogen and oxygen atoms in total. The number of benzene rings is 1. The summed E-state index contributed by atoms with van der Waals surface area (Å²) in [6.45, 7) is -0.256. The van der Waals surface area contributed by atoms with Gasteiger partial charge in [0.2, 0.25) is 11.8 Å². The molecule has 0 atom stereocenters. The number of nitrogens with two attached hydrogens (primary N) is 1. The van der Waals surface area contributed by atoms with Crippen molar-refractivity contribution in [2.45, 2.75) is 6.42 Å². The summed E-state index contributed by atoms with van der Waals surface area (Å²) in [5.41, 5.74) is 5.33. The fraction of sp³-hybridized carbons (Fsp3) is 0.182. The summed E-state index contributed by atoms with van der Waals surface area (Å²) >= 11 is 0. The van der Waals surface area contributed by atoms with Crippen molar-refractivity contribution in [1.29, 1.82) is 0 Å². The van der Waals surface area contributed by atoms with Crippen molar-refractivity contribution in [3.05, 3.63) is 35.4 Å². The summed E-state index contributed by atoms with van der Waals surface area (Å²) in [5, 5.41) is 11.2. The fourth-order valence-electron chi connectivity index (χ4n) is 1.30. The van der Waals surface area contributed by atoms with Crippen LogP contribution in [0, 0.1) is 0 Å². The lowest BCUT2D eigenvalue weighted by atomic mass is 10.0. The van der Waals surface area contributed by atoms with Crippen LogP contribution in [0.3, 0.4) is 0 Å². The number of primary amides is 1. The molecule has 0 saturated carbocycles. The Labute approximate surface area is 97.4 Å². The first-order valence-corrected chi connectivity index (χ1v) is 4.87. The van der Waals surface area contributed by atoms with E-state index in [2.05, 4.69) is 5.32 Å². The first-order valence-electron chi connectivity index (χ1n) is 4.87. The molecule has 0 aliphatic carbocycles. The SMILES string of the molecule is NC(=O)CNC(=O)Cc1ccccc1C(=O)O. The highest BCUT2D eigenvalue weighted by Crippen LogP contribution is 2.09. The Hall–Kier alpha value is -2.37. The van der Waals surface area contributed by atoms with E-state index in [1.54, 1.807) is 18.2 Å². The zero-order valence-electron chi connectivity index (χ0n) is 8.97. The summed E-state index contributed by atoms with van der Waals surface area (Å²) in [7, 11) is 0. The van der Waals surface area contributed by atoms with Crippen molar-refractivity contribution in [2.24, 2.45) is 5.73 Å². The zero-order chi connectivity index (χ0) is 12.8. The summed E-state index contributed by atoms with van der Waals surface area (Å²) in [6, 6.07) is 6.18. The number of hydrogen-bond acceptors (Lipinski definition) is 3. The molecule has 17 heavy (non-hydrogen) atoms. The van der Waals surface area contributed by atoms with Gasteiger partial charge in [0.1, 0.15) is 0 Å². The van der Waals surface area contributed by atoms with Gasteiger partial charge in [-0.25, -0.2) is 4.79 Å². The van der Waals surface area contributed by atoms with Crippen LogP contribution in [0.1, 0.15) is 15.9 Å². The molecular formula is C11H12N2O4. The molecule has 0 radical (unpaired) electrons. The highest BCUT2D eigenvalue weighted by atomic mass is 16.4. The second kappa shape index (κ2) is 5.64. The molecule has 90 valence electrons. The Morgan fingerprint density at radius 3 is 2.47 bits per heavy atom. The Morgan fingerprint density at radius 2 is 1.88 bits per heavy atom. The Morgan fingerprint density at radius 1 is 1.24 bits per heavy atom. The van der Waals surface area contributed by atoms with Crippen molar-refractivity contribution in [3.8, 4) is 0 Å². The number of hydrogen-bond donors (Lipinski definition) is 3. The number of nitrogens with one attached hydrogen (secondary N) is 1. The van der Waals surface area contributed by atoms with Gasteiger partial charge in [-0.3, -0.25) is 9.59 Å². The monoisotopic (exact) mass is 236 g/mol. The van der Waals surface area contributed by atoms with E-state index in [-0.39, 0.29) is 18.5 Å². The lowest BCUT2D eigenvalue weighted by molar-refractivity contribution is -0.124. The van der Waals surface area contributed by atoms with E-state index in [4.69, 9.17) is 10.8 Å². The van der Waals surface area contributed by atoms with Gasteiger partial charge in [0.15, 0.2) is 0 Å². The minimum absolute atomic E-state index is 0.0710. The van der Waals surface area contributed by atoms with Crippen LogP contribution in [-0.2, 0) is 16.0 Å². The van der Waals surface area contributed by atoms with Gasteiger partial charge >= 0.3 is 5.97 Å². The maximum Gasteiger partial charge on any atom is 0.335 e. The zero-order valence-corrected chi connectivity index (χ0v) is 8.97. The summed E-state index contributed by atoms with van der Waals surface area (Å²) < 4.78 is 0. The number of carbonyl (C=O) groups is 3. The van der Waals surface area contributed by atoms with Crippen LogP contribution in [-0.4, -0.2) is 29.4 Å². The molecule has 0 aliphatic heterocycles. The predicted molar refractivity (Wildman–Crippen MR) is 59.3 cm³/mol. The number of carboxylic acids is 1. The van der Waals surface area contributed by atoms with Gasteiger partial charge in [0.25, 0.3) is 0 Å². The van der Waals surface area contributed by atoms with Gasteiger partial charge in [-0.2, -0.15) is 0 Å². The minimum atomic E-state index is -1.09. The highest BCUT2D eigenvalue weighted by Gasteiger charge is 2.12. The fourth-order valence-corrected chi connectivity index (χ4v) is 1.30. The molecule has 0 fully saturated rings. The maximum absolute atomic E-state index is 11.4. The lowest BCUT2D eigenvalue weighted by Gasteiger charge is -2.05. The molecule has 6 heteroatoms. The molecule has 4 N–H and O–H groups in total. The van der Waals surface area contributed by atoms with E-state index in [1.165, 1.54) is 6.07 Å². The molecule has 0 bridgehead atoms. The lowest BCUT2D eigenvalue weighted by Crippen LogP contribution is -2.34. The van der Waals surface area contributed by atoms with Crippen molar-refractivity contribution >= 4 is 17.8 Å². The molecular weight excluding hydrogens is 224 g/mol. The normalized spacial score (nSPS) is 9.65. The van der Waals surface area contributed by atoms with E-state index in [9.17, 15) is 14.4 Å². The molecule has 0 unspecified atom stereocenters. The summed E-state index contributed by atoms with van der Waals surface area (Å²) in [5.74, 6) is -2.19. The largest absolute Gasteiger partial charge is 0.478 e. The van der Waals surface area contributed by atoms with Gasteiger partial charge in [-0.05, 0) is 11.6 Å². The van der Waals surface area contributed by atoms with Crippen LogP contribution in [0.25, 0.3) is 0 Å². The van der Waals surface area contributed by atoms with E-state index in [0.29, 0.717) is 5.56 Å². The standard InChI is InChI=1S/C11H12N2O4/c12-9(14)6-13-10(15)5-7-3-1-2-4-8(7)11(16)17/h1-4H,5-6H2,(H2,12,14)(H,13,15)(H,16,17). The van der Waals surface area contributed by atoms with Crippen molar-refractivity contribution in [2.75, 3.05) is 6.54 Å². The first-order chi connectivity index (χ1) is 8.00. The van der Waals surface area contributed by atoms with Gasteiger partial charge < -0.3 is 16.2 Å². The molecule has 1 aromatic rings. The topological polar surface area (TPSA) is 109 Å². The molecule has 1 rings (SSSR count). The molecule has 0 aromatic heterocycles. The van der Waals surface area contributed by atoms with Crippen LogP contribution >= 0.6 is 0 Å². The minimum Gasteiger partial charge on any atom is -0.478 e. The van der Waals surface area contributed by atoms with Crippen molar-refractivity contribution in [3.63, 3.8) is 0 Å². The quantitative estimate of drug-likeness (QED) is 0.641. The third kappa shape index (κ3) is 3.94. The Bertz CT molecular complexity index is 457. The van der Waals surface area contributed by atoms with Crippen molar-refractivity contribution < 1.29 is 19.5 Å². The van der Waals surface area contributed by atoms with E-state index >= 15 is 0 Å². The highest BCUT2D eigenvalue weighted by molar-refractivity contribution is 5.92. The van der Waals surface area contributed by atoms with Crippen LogP contribution < -0.4 is 11.1 Å².